The third-order valence-electron chi connectivity index (χ3n) is 3.91. The van der Waals surface area contributed by atoms with E-state index in [4.69, 9.17) is 0 Å². The van der Waals surface area contributed by atoms with Gasteiger partial charge in [-0.3, -0.25) is 14.9 Å². The number of benzene rings is 1. The van der Waals surface area contributed by atoms with E-state index >= 15 is 0 Å². The number of aromatic nitrogens is 1. The summed E-state index contributed by atoms with van der Waals surface area (Å²) in [5.41, 5.74) is 1.69. The Hall–Kier alpha value is -2.63. The molecule has 1 aromatic heterocycles. The van der Waals surface area contributed by atoms with Gasteiger partial charge in [0, 0.05) is 25.1 Å². The summed E-state index contributed by atoms with van der Waals surface area (Å²) in [4.78, 5) is 34.6. The summed E-state index contributed by atoms with van der Waals surface area (Å²) in [6, 6.07) is 4.92. The fraction of sp³-hybridized carbons (Fsp3) is 0.267. The average Bonchev–Trinajstić information content (AvgIpc) is 2.81. The molecule has 2 heterocycles. The van der Waals surface area contributed by atoms with Crippen LogP contribution < -0.4 is 5.32 Å². The highest BCUT2D eigenvalue weighted by molar-refractivity contribution is 6.07. The number of nitrogens with one attached hydrogen (secondary N) is 1. The summed E-state index contributed by atoms with van der Waals surface area (Å²) in [5, 5.41) is 12.2. The number of amides is 2. The van der Waals surface area contributed by atoms with E-state index in [-0.39, 0.29) is 17.4 Å². The van der Waals surface area contributed by atoms with Gasteiger partial charge in [0.05, 0.1) is 17.0 Å². The molecular formula is C15H14N2O4. The highest BCUT2D eigenvalue weighted by atomic mass is 16.4. The molecule has 1 aliphatic rings. The fourth-order valence-corrected chi connectivity index (χ4v) is 2.91. The lowest BCUT2D eigenvalue weighted by atomic mass is 9.88. The predicted octanol–water partition coefficient (Wildman–Crippen LogP) is 1.40. The molecular weight excluding hydrogens is 272 g/mol. The standard InChI is InChI=1S/C15H14N2O4/c1-17-7-6-9-11(15(20)21)3-2-8(13(9)17)10-4-5-12(18)16-14(10)19/h2-3,6-7,10H,4-5H2,1H3,(H,20,21)(H,16,18,19). The van der Waals surface area contributed by atoms with E-state index in [1.165, 1.54) is 6.07 Å². The second-order valence-corrected chi connectivity index (χ2v) is 5.20. The van der Waals surface area contributed by atoms with Gasteiger partial charge in [-0.15, -0.1) is 0 Å². The summed E-state index contributed by atoms with van der Waals surface area (Å²) in [5.74, 6) is -2.01. The maximum absolute atomic E-state index is 12.0. The highest BCUT2D eigenvalue weighted by Gasteiger charge is 2.30. The van der Waals surface area contributed by atoms with Gasteiger partial charge < -0.3 is 9.67 Å². The first-order valence-corrected chi connectivity index (χ1v) is 6.64. The molecule has 1 aromatic carbocycles. The van der Waals surface area contributed by atoms with Gasteiger partial charge in [0.25, 0.3) is 0 Å². The van der Waals surface area contributed by atoms with Gasteiger partial charge in [-0.25, -0.2) is 4.79 Å². The number of hydrogen-bond acceptors (Lipinski definition) is 3. The van der Waals surface area contributed by atoms with Crippen molar-refractivity contribution in [3.8, 4) is 0 Å². The number of hydrogen-bond donors (Lipinski definition) is 2. The predicted molar refractivity (Wildman–Crippen MR) is 75.0 cm³/mol. The van der Waals surface area contributed by atoms with Crippen LogP contribution in [0.15, 0.2) is 24.4 Å². The van der Waals surface area contributed by atoms with E-state index in [9.17, 15) is 19.5 Å². The topological polar surface area (TPSA) is 88.4 Å². The zero-order chi connectivity index (χ0) is 15.1. The van der Waals surface area contributed by atoms with Gasteiger partial charge in [0.2, 0.25) is 11.8 Å². The van der Waals surface area contributed by atoms with Crippen LogP contribution in [0, 0.1) is 0 Å². The molecule has 21 heavy (non-hydrogen) atoms. The van der Waals surface area contributed by atoms with Crippen molar-refractivity contribution in [3.63, 3.8) is 0 Å². The maximum Gasteiger partial charge on any atom is 0.336 e. The van der Waals surface area contributed by atoms with Crippen molar-refractivity contribution in [2.45, 2.75) is 18.8 Å². The van der Waals surface area contributed by atoms with Crippen LogP contribution in [-0.2, 0) is 16.6 Å². The van der Waals surface area contributed by atoms with Crippen LogP contribution >= 0.6 is 0 Å². The number of rotatable bonds is 2. The molecule has 0 radical (unpaired) electrons. The number of nitrogens with zero attached hydrogens (tertiary/aromatic N) is 1. The molecule has 1 unspecified atom stereocenters. The van der Waals surface area contributed by atoms with Crippen LogP contribution in [0.2, 0.25) is 0 Å². The van der Waals surface area contributed by atoms with Crippen LogP contribution in [-0.4, -0.2) is 27.5 Å². The van der Waals surface area contributed by atoms with Gasteiger partial charge >= 0.3 is 5.97 Å². The van der Waals surface area contributed by atoms with E-state index in [1.807, 2.05) is 7.05 Å². The SMILES string of the molecule is Cn1ccc2c(C(=O)O)ccc(C3CCC(=O)NC3=O)c21. The lowest BCUT2D eigenvalue weighted by molar-refractivity contribution is -0.134. The van der Waals surface area contributed by atoms with E-state index in [0.29, 0.717) is 18.2 Å². The molecule has 2 N–H and O–H groups in total. The van der Waals surface area contributed by atoms with E-state index in [0.717, 1.165) is 11.1 Å². The summed E-state index contributed by atoms with van der Waals surface area (Å²) >= 11 is 0. The summed E-state index contributed by atoms with van der Waals surface area (Å²) in [7, 11) is 1.81. The Morgan fingerprint density at radius 1 is 1.33 bits per heavy atom. The third kappa shape index (κ3) is 2.08. The normalized spacial score (nSPS) is 18.8. The van der Waals surface area contributed by atoms with E-state index in [2.05, 4.69) is 5.32 Å². The van der Waals surface area contributed by atoms with Gasteiger partial charge in [0.1, 0.15) is 0 Å². The zero-order valence-corrected chi connectivity index (χ0v) is 11.4. The number of imide groups is 1. The molecule has 1 atom stereocenters. The number of carboxylic acids is 1. The second kappa shape index (κ2) is 4.73. The Balaban J connectivity index is 2.18. The number of fused-ring (bicyclic) bond motifs is 1. The van der Waals surface area contributed by atoms with Crippen molar-refractivity contribution >= 4 is 28.7 Å². The molecule has 0 bridgehead atoms. The van der Waals surface area contributed by atoms with Crippen molar-refractivity contribution in [3.05, 3.63) is 35.5 Å². The Morgan fingerprint density at radius 2 is 2.10 bits per heavy atom. The van der Waals surface area contributed by atoms with Crippen molar-refractivity contribution in [2.75, 3.05) is 0 Å². The first kappa shape index (κ1) is 13.4. The minimum absolute atomic E-state index is 0.210. The summed E-state index contributed by atoms with van der Waals surface area (Å²) in [6.07, 6.45) is 2.51. The monoisotopic (exact) mass is 286 g/mol. The first-order chi connectivity index (χ1) is 9.99. The minimum atomic E-state index is -0.999. The number of aromatic carboxylic acids is 1. The molecule has 0 spiro atoms. The first-order valence-electron chi connectivity index (χ1n) is 6.64. The van der Waals surface area contributed by atoms with Crippen molar-refractivity contribution < 1.29 is 19.5 Å². The van der Waals surface area contributed by atoms with Crippen molar-refractivity contribution in [1.29, 1.82) is 0 Å². The smallest absolute Gasteiger partial charge is 0.336 e. The van der Waals surface area contributed by atoms with Crippen molar-refractivity contribution in [1.82, 2.24) is 9.88 Å². The number of carboxylic acid groups (broad SMARTS) is 1. The van der Waals surface area contributed by atoms with Gasteiger partial charge in [0.15, 0.2) is 0 Å². The molecule has 1 fully saturated rings. The Bertz CT molecular complexity index is 775. The summed E-state index contributed by atoms with van der Waals surface area (Å²) in [6.45, 7) is 0. The van der Waals surface area contributed by atoms with Crippen LogP contribution in [0.1, 0.15) is 34.7 Å². The lowest BCUT2D eigenvalue weighted by Crippen LogP contribution is -2.39. The Kier molecular flexibility index (Phi) is 3.01. The Labute approximate surface area is 120 Å². The number of piperidine rings is 1. The molecule has 2 amide bonds. The summed E-state index contributed by atoms with van der Waals surface area (Å²) < 4.78 is 1.81. The maximum atomic E-state index is 12.0. The second-order valence-electron chi connectivity index (χ2n) is 5.20. The fourth-order valence-electron chi connectivity index (χ4n) is 2.91. The highest BCUT2D eigenvalue weighted by Crippen LogP contribution is 2.33. The van der Waals surface area contributed by atoms with Gasteiger partial charge in [-0.05, 0) is 24.1 Å². The van der Waals surface area contributed by atoms with Crippen LogP contribution in [0.3, 0.4) is 0 Å². The molecule has 3 rings (SSSR count). The van der Waals surface area contributed by atoms with Crippen molar-refractivity contribution in [2.24, 2.45) is 7.05 Å². The molecule has 0 saturated carbocycles. The average molecular weight is 286 g/mol. The van der Waals surface area contributed by atoms with Gasteiger partial charge in [-0.2, -0.15) is 0 Å². The molecule has 1 aliphatic heterocycles. The molecule has 108 valence electrons. The molecule has 0 aliphatic carbocycles. The number of carbonyl (C=O) groups is 3. The zero-order valence-electron chi connectivity index (χ0n) is 11.4. The number of carbonyl (C=O) groups excluding carboxylic acids is 2. The third-order valence-corrected chi connectivity index (χ3v) is 3.91. The quantitative estimate of drug-likeness (QED) is 0.817. The van der Waals surface area contributed by atoms with Crippen LogP contribution in [0.5, 0.6) is 0 Å². The lowest BCUT2D eigenvalue weighted by Gasteiger charge is -2.22. The Morgan fingerprint density at radius 3 is 2.76 bits per heavy atom. The van der Waals surface area contributed by atoms with E-state index in [1.54, 1.807) is 22.9 Å². The number of aryl methyl sites for hydroxylation is 1. The molecule has 2 aromatic rings. The van der Waals surface area contributed by atoms with Crippen LogP contribution in [0.25, 0.3) is 10.9 Å². The van der Waals surface area contributed by atoms with E-state index < -0.39 is 11.9 Å². The largest absolute Gasteiger partial charge is 0.478 e. The molecule has 6 nitrogen and oxygen atoms in total. The van der Waals surface area contributed by atoms with Gasteiger partial charge in [-0.1, -0.05) is 6.07 Å². The molecule has 6 heteroatoms. The minimum Gasteiger partial charge on any atom is -0.478 e. The van der Waals surface area contributed by atoms with Crippen LogP contribution in [0.4, 0.5) is 0 Å². The molecule has 1 saturated heterocycles.